The summed E-state index contributed by atoms with van der Waals surface area (Å²) in [6.07, 6.45) is -4.48. The minimum Gasteiger partial charge on any atom is -0.374 e. The Balaban J connectivity index is 2.45. The normalized spacial score (nSPS) is 11.2. The molecule has 100 valence electrons. The molecule has 0 saturated heterocycles. The van der Waals surface area contributed by atoms with E-state index < -0.39 is 31.0 Å². The van der Waals surface area contributed by atoms with Crippen molar-refractivity contribution in [1.82, 2.24) is 5.32 Å². The van der Waals surface area contributed by atoms with Crippen molar-refractivity contribution in [1.29, 1.82) is 0 Å². The summed E-state index contributed by atoms with van der Waals surface area (Å²) in [5.74, 6) is -1.55. The Morgan fingerprint density at radius 3 is 2.61 bits per heavy atom. The van der Waals surface area contributed by atoms with Crippen molar-refractivity contribution in [3.8, 4) is 0 Å². The highest BCUT2D eigenvalue weighted by Crippen LogP contribution is 2.19. The lowest BCUT2D eigenvalue weighted by Crippen LogP contribution is -2.37. The number of halogens is 5. The van der Waals surface area contributed by atoms with Crippen LogP contribution in [0.5, 0.6) is 0 Å². The van der Waals surface area contributed by atoms with Gasteiger partial charge in [0.2, 0.25) is 5.91 Å². The van der Waals surface area contributed by atoms with Crippen molar-refractivity contribution in [2.45, 2.75) is 6.18 Å². The molecule has 8 heteroatoms. The lowest BCUT2D eigenvalue weighted by molar-refractivity contribution is -0.137. The SMILES string of the molecule is O=C(CNc1cc(Cl)ccc1F)NCC(F)(F)F. The summed E-state index contributed by atoms with van der Waals surface area (Å²) < 4.78 is 48.5. The molecule has 0 unspecified atom stereocenters. The van der Waals surface area contributed by atoms with E-state index in [4.69, 9.17) is 11.6 Å². The number of nitrogens with one attached hydrogen (secondary N) is 2. The second-order valence-electron chi connectivity index (χ2n) is 3.37. The fourth-order valence-electron chi connectivity index (χ4n) is 1.07. The highest BCUT2D eigenvalue weighted by molar-refractivity contribution is 6.30. The monoisotopic (exact) mass is 284 g/mol. The van der Waals surface area contributed by atoms with Gasteiger partial charge in [0.05, 0.1) is 12.2 Å². The maximum Gasteiger partial charge on any atom is 0.405 e. The molecule has 0 heterocycles. The van der Waals surface area contributed by atoms with Gasteiger partial charge in [0, 0.05) is 5.02 Å². The fourth-order valence-corrected chi connectivity index (χ4v) is 1.24. The largest absolute Gasteiger partial charge is 0.405 e. The first-order chi connectivity index (χ1) is 8.28. The van der Waals surface area contributed by atoms with Crippen LogP contribution in [0.1, 0.15) is 0 Å². The highest BCUT2D eigenvalue weighted by atomic mass is 35.5. The average molecular weight is 285 g/mol. The van der Waals surface area contributed by atoms with Gasteiger partial charge in [-0.25, -0.2) is 4.39 Å². The molecule has 0 aromatic heterocycles. The molecule has 2 N–H and O–H groups in total. The molecule has 3 nitrogen and oxygen atoms in total. The van der Waals surface area contributed by atoms with Crippen LogP contribution in [0.2, 0.25) is 5.02 Å². The summed E-state index contributed by atoms with van der Waals surface area (Å²) in [5.41, 5.74) is -0.0512. The van der Waals surface area contributed by atoms with Crippen LogP contribution in [0.3, 0.4) is 0 Å². The first kappa shape index (κ1) is 14.6. The van der Waals surface area contributed by atoms with Crippen molar-refractivity contribution < 1.29 is 22.4 Å². The van der Waals surface area contributed by atoms with Gasteiger partial charge in [-0.15, -0.1) is 0 Å². The van der Waals surface area contributed by atoms with E-state index in [-0.39, 0.29) is 10.7 Å². The fraction of sp³-hybridized carbons (Fsp3) is 0.300. The van der Waals surface area contributed by atoms with Gasteiger partial charge in [-0.05, 0) is 18.2 Å². The van der Waals surface area contributed by atoms with Crippen LogP contribution < -0.4 is 10.6 Å². The molecule has 0 aliphatic carbocycles. The Labute approximate surface area is 105 Å². The van der Waals surface area contributed by atoms with Crippen molar-refractivity contribution in [3.63, 3.8) is 0 Å². The summed E-state index contributed by atoms with van der Waals surface area (Å²) >= 11 is 5.60. The molecular weight excluding hydrogens is 276 g/mol. The lowest BCUT2D eigenvalue weighted by Gasteiger charge is -2.10. The topological polar surface area (TPSA) is 41.1 Å². The van der Waals surface area contributed by atoms with E-state index in [1.165, 1.54) is 12.1 Å². The summed E-state index contributed by atoms with van der Waals surface area (Å²) in [7, 11) is 0. The van der Waals surface area contributed by atoms with Crippen molar-refractivity contribution in [2.24, 2.45) is 0 Å². The summed E-state index contributed by atoms with van der Waals surface area (Å²) in [6, 6.07) is 3.62. The van der Waals surface area contributed by atoms with Gasteiger partial charge in [0.25, 0.3) is 0 Å². The van der Waals surface area contributed by atoms with Gasteiger partial charge in [-0.2, -0.15) is 13.2 Å². The van der Waals surface area contributed by atoms with Crippen LogP contribution >= 0.6 is 11.6 Å². The molecular formula is C10H9ClF4N2O. The third-order valence-corrected chi connectivity index (χ3v) is 2.09. The van der Waals surface area contributed by atoms with E-state index in [1.807, 2.05) is 0 Å². The Morgan fingerprint density at radius 2 is 2.00 bits per heavy atom. The van der Waals surface area contributed by atoms with E-state index in [0.29, 0.717) is 0 Å². The van der Waals surface area contributed by atoms with E-state index in [9.17, 15) is 22.4 Å². The highest BCUT2D eigenvalue weighted by Gasteiger charge is 2.27. The zero-order chi connectivity index (χ0) is 13.8. The first-order valence-corrected chi connectivity index (χ1v) is 5.18. The van der Waals surface area contributed by atoms with Crippen LogP contribution in [0.15, 0.2) is 18.2 Å². The quantitative estimate of drug-likeness (QED) is 0.835. The maximum atomic E-state index is 13.2. The van der Waals surface area contributed by atoms with Crippen LogP contribution in [-0.2, 0) is 4.79 Å². The van der Waals surface area contributed by atoms with Gasteiger partial charge in [0.1, 0.15) is 12.4 Å². The van der Waals surface area contributed by atoms with E-state index >= 15 is 0 Å². The summed E-state index contributed by atoms with van der Waals surface area (Å²) in [5, 5.41) is 4.24. The molecule has 0 saturated carbocycles. The second kappa shape index (κ2) is 5.90. The molecule has 1 aromatic carbocycles. The number of rotatable bonds is 4. The molecule has 18 heavy (non-hydrogen) atoms. The molecule has 0 spiro atoms. The second-order valence-corrected chi connectivity index (χ2v) is 3.81. The van der Waals surface area contributed by atoms with Gasteiger partial charge < -0.3 is 10.6 Å². The standard InChI is InChI=1S/C10H9ClF4N2O/c11-6-1-2-7(12)8(3-6)16-4-9(18)17-5-10(13,14)15/h1-3,16H,4-5H2,(H,17,18). The molecule has 1 rings (SSSR count). The molecule has 0 radical (unpaired) electrons. The summed E-state index contributed by atoms with van der Waals surface area (Å²) in [4.78, 5) is 11.0. The third-order valence-electron chi connectivity index (χ3n) is 1.85. The van der Waals surface area contributed by atoms with Crippen LogP contribution in [0.4, 0.5) is 23.2 Å². The number of amides is 1. The Morgan fingerprint density at radius 1 is 1.33 bits per heavy atom. The smallest absolute Gasteiger partial charge is 0.374 e. The predicted molar refractivity (Wildman–Crippen MR) is 59.0 cm³/mol. The third kappa shape index (κ3) is 5.22. The minimum absolute atomic E-state index is 0.0512. The first-order valence-electron chi connectivity index (χ1n) is 4.80. The van der Waals surface area contributed by atoms with Crippen molar-refractivity contribution in [2.75, 3.05) is 18.4 Å². The molecule has 0 aliphatic rings. The number of hydrogen-bond acceptors (Lipinski definition) is 2. The molecule has 0 bridgehead atoms. The van der Waals surface area contributed by atoms with Gasteiger partial charge in [-0.3, -0.25) is 4.79 Å². The van der Waals surface area contributed by atoms with Gasteiger partial charge >= 0.3 is 6.18 Å². The zero-order valence-electron chi connectivity index (χ0n) is 8.94. The van der Waals surface area contributed by atoms with E-state index in [0.717, 1.165) is 6.07 Å². The number of carbonyl (C=O) groups is 1. The average Bonchev–Trinajstić information content (AvgIpc) is 2.26. The van der Waals surface area contributed by atoms with Gasteiger partial charge in [0.15, 0.2) is 0 Å². The Kier molecular flexibility index (Phi) is 4.77. The van der Waals surface area contributed by atoms with E-state index in [1.54, 1.807) is 5.32 Å². The molecule has 1 amide bonds. The lowest BCUT2D eigenvalue weighted by atomic mass is 10.3. The van der Waals surface area contributed by atoms with Gasteiger partial charge in [-0.1, -0.05) is 11.6 Å². The molecule has 0 fully saturated rings. The molecule has 0 aliphatic heterocycles. The Hall–Kier alpha value is -1.50. The predicted octanol–water partition coefficient (Wildman–Crippen LogP) is 2.57. The summed E-state index contributed by atoms with van der Waals surface area (Å²) in [6.45, 7) is -1.90. The van der Waals surface area contributed by atoms with Crippen LogP contribution in [-0.4, -0.2) is 25.2 Å². The molecule has 1 aromatic rings. The number of carbonyl (C=O) groups excluding carboxylic acids is 1. The van der Waals surface area contributed by atoms with Crippen LogP contribution in [0, 0.1) is 5.82 Å². The maximum absolute atomic E-state index is 13.2. The van der Waals surface area contributed by atoms with Crippen molar-refractivity contribution >= 4 is 23.2 Å². The zero-order valence-corrected chi connectivity index (χ0v) is 9.70. The van der Waals surface area contributed by atoms with E-state index in [2.05, 4.69) is 5.32 Å². The number of anilines is 1. The number of hydrogen-bond donors (Lipinski definition) is 2. The number of benzene rings is 1. The minimum atomic E-state index is -4.48. The van der Waals surface area contributed by atoms with Crippen LogP contribution in [0.25, 0.3) is 0 Å². The van der Waals surface area contributed by atoms with Crippen molar-refractivity contribution in [3.05, 3.63) is 29.0 Å². The molecule has 0 atom stereocenters. The number of alkyl halides is 3. The Bertz CT molecular complexity index is 436.